The third-order valence-electron chi connectivity index (χ3n) is 7.16. The average Bonchev–Trinajstić information content (AvgIpc) is 2.91. The fourth-order valence-electron chi connectivity index (χ4n) is 5.11. The Balaban J connectivity index is 1.37. The first-order valence-corrected chi connectivity index (χ1v) is 12.9. The average molecular weight is 492 g/mol. The van der Waals surface area contributed by atoms with E-state index in [0.29, 0.717) is 32.5 Å². The van der Waals surface area contributed by atoms with Crippen LogP contribution in [0.4, 0.5) is 0 Å². The van der Waals surface area contributed by atoms with Gasteiger partial charge in [-0.2, -0.15) is 0 Å². The van der Waals surface area contributed by atoms with Crippen molar-refractivity contribution in [1.29, 1.82) is 0 Å². The normalized spacial score (nSPS) is 15.4. The minimum atomic E-state index is -0.0878. The molecule has 1 atom stereocenters. The van der Waals surface area contributed by atoms with Crippen LogP contribution in [-0.4, -0.2) is 54.3 Å². The van der Waals surface area contributed by atoms with Crippen LogP contribution in [0.5, 0.6) is 0 Å². The van der Waals surface area contributed by atoms with Crippen molar-refractivity contribution < 1.29 is 9.59 Å². The molecule has 35 heavy (non-hydrogen) atoms. The molecule has 2 amide bonds. The topological polar surface area (TPSA) is 52.7 Å². The number of fused-ring (bicyclic) bond motifs is 1. The van der Waals surface area contributed by atoms with Crippen LogP contribution in [0.1, 0.15) is 48.7 Å². The van der Waals surface area contributed by atoms with Gasteiger partial charge in [-0.05, 0) is 54.4 Å². The van der Waals surface area contributed by atoms with E-state index in [-0.39, 0.29) is 23.8 Å². The molecule has 1 aliphatic rings. The van der Waals surface area contributed by atoms with Crippen molar-refractivity contribution in [2.24, 2.45) is 5.92 Å². The van der Waals surface area contributed by atoms with Gasteiger partial charge < -0.3 is 10.2 Å². The summed E-state index contributed by atoms with van der Waals surface area (Å²) < 4.78 is 0. The van der Waals surface area contributed by atoms with Gasteiger partial charge in [0.05, 0.1) is 6.04 Å². The van der Waals surface area contributed by atoms with E-state index in [1.54, 1.807) is 0 Å². The predicted octanol–water partition coefficient (Wildman–Crippen LogP) is 5.54. The standard InChI is InChI=1S/C29H34ClN3O2/c1-3-32(4-2)27(25-13-7-8-15-26(25)30)20-31-28(34)22-16-18-33(19-17-22)29(35)24-14-9-11-21-10-5-6-12-23(21)24/h5-15,22,27H,3-4,16-20H2,1-2H3,(H,31,34). The number of likely N-dealkylation sites (tertiary alicyclic amines) is 1. The van der Waals surface area contributed by atoms with Gasteiger partial charge in [-0.25, -0.2) is 0 Å². The minimum absolute atomic E-state index is 0.0238. The monoisotopic (exact) mass is 491 g/mol. The summed E-state index contributed by atoms with van der Waals surface area (Å²) in [5.41, 5.74) is 1.77. The van der Waals surface area contributed by atoms with Crippen LogP contribution in [0.2, 0.25) is 5.02 Å². The zero-order chi connectivity index (χ0) is 24.8. The first-order chi connectivity index (χ1) is 17.0. The summed E-state index contributed by atoms with van der Waals surface area (Å²) in [6.45, 7) is 7.68. The van der Waals surface area contributed by atoms with Gasteiger partial charge in [0.2, 0.25) is 5.91 Å². The van der Waals surface area contributed by atoms with Gasteiger partial charge in [-0.1, -0.05) is 80.0 Å². The third kappa shape index (κ3) is 5.68. The molecule has 5 nitrogen and oxygen atoms in total. The van der Waals surface area contributed by atoms with E-state index in [1.807, 2.05) is 71.6 Å². The van der Waals surface area contributed by atoms with E-state index in [9.17, 15) is 9.59 Å². The molecule has 3 aromatic rings. The van der Waals surface area contributed by atoms with Gasteiger partial charge in [-0.15, -0.1) is 0 Å². The lowest BCUT2D eigenvalue weighted by Gasteiger charge is -2.33. The minimum Gasteiger partial charge on any atom is -0.354 e. The lowest BCUT2D eigenvalue weighted by atomic mass is 9.94. The van der Waals surface area contributed by atoms with Crippen LogP contribution < -0.4 is 5.32 Å². The van der Waals surface area contributed by atoms with E-state index in [4.69, 9.17) is 11.6 Å². The van der Waals surface area contributed by atoms with Crippen LogP contribution in [0.15, 0.2) is 66.7 Å². The van der Waals surface area contributed by atoms with Crippen LogP contribution in [0.3, 0.4) is 0 Å². The predicted molar refractivity (Wildman–Crippen MR) is 143 cm³/mol. The summed E-state index contributed by atoms with van der Waals surface area (Å²) >= 11 is 6.50. The maximum absolute atomic E-state index is 13.2. The van der Waals surface area contributed by atoms with E-state index in [1.165, 1.54) is 0 Å². The van der Waals surface area contributed by atoms with Crippen LogP contribution in [-0.2, 0) is 4.79 Å². The maximum atomic E-state index is 13.2. The van der Waals surface area contributed by atoms with Crippen LogP contribution in [0.25, 0.3) is 10.8 Å². The molecule has 3 aromatic carbocycles. The molecule has 6 heteroatoms. The second kappa shape index (κ2) is 11.7. The lowest BCUT2D eigenvalue weighted by Crippen LogP contribution is -2.45. The summed E-state index contributed by atoms with van der Waals surface area (Å²) in [6.07, 6.45) is 1.34. The van der Waals surface area contributed by atoms with Gasteiger partial charge in [0.1, 0.15) is 0 Å². The molecule has 4 rings (SSSR count). The van der Waals surface area contributed by atoms with E-state index >= 15 is 0 Å². The summed E-state index contributed by atoms with van der Waals surface area (Å²) in [5, 5.41) is 5.94. The second-order valence-electron chi connectivity index (χ2n) is 9.10. The molecule has 0 radical (unpaired) electrons. The number of carbonyl (C=O) groups excluding carboxylic acids is 2. The van der Waals surface area contributed by atoms with Crippen LogP contribution >= 0.6 is 11.6 Å². The van der Waals surface area contributed by atoms with Gasteiger partial charge in [0.25, 0.3) is 5.91 Å². The Morgan fingerprint density at radius 2 is 1.63 bits per heavy atom. The van der Waals surface area contributed by atoms with Crippen molar-refractivity contribution in [3.63, 3.8) is 0 Å². The highest BCUT2D eigenvalue weighted by molar-refractivity contribution is 6.31. The Hall–Kier alpha value is -2.89. The molecule has 1 unspecified atom stereocenters. The number of likely N-dealkylation sites (N-methyl/N-ethyl adjacent to an activating group) is 1. The first-order valence-electron chi connectivity index (χ1n) is 12.6. The smallest absolute Gasteiger partial charge is 0.254 e. The fourth-order valence-corrected chi connectivity index (χ4v) is 5.38. The number of nitrogens with one attached hydrogen (secondary N) is 1. The SMILES string of the molecule is CCN(CC)C(CNC(=O)C1CCN(C(=O)c2cccc3ccccc23)CC1)c1ccccc1Cl. The Bertz CT molecular complexity index is 1160. The summed E-state index contributed by atoms with van der Waals surface area (Å²) in [5.74, 6) is 0.0163. The second-order valence-corrected chi connectivity index (χ2v) is 9.50. The van der Waals surface area contributed by atoms with Crippen molar-refractivity contribution >= 4 is 34.2 Å². The molecule has 0 aromatic heterocycles. The number of halogens is 1. The molecule has 0 bridgehead atoms. The zero-order valence-electron chi connectivity index (χ0n) is 20.5. The van der Waals surface area contributed by atoms with Crippen molar-refractivity contribution in [2.75, 3.05) is 32.7 Å². The lowest BCUT2D eigenvalue weighted by molar-refractivity contribution is -0.126. The molecule has 184 valence electrons. The molecule has 0 aliphatic carbocycles. The number of amides is 2. The Morgan fingerprint density at radius 3 is 2.34 bits per heavy atom. The molecule has 1 fully saturated rings. The van der Waals surface area contributed by atoms with E-state index in [0.717, 1.165) is 40.0 Å². The molecular weight excluding hydrogens is 458 g/mol. The Labute approximate surface area is 213 Å². The van der Waals surface area contributed by atoms with E-state index in [2.05, 4.69) is 24.1 Å². The Kier molecular flexibility index (Phi) is 8.42. The number of hydrogen-bond acceptors (Lipinski definition) is 3. The zero-order valence-corrected chi connectivity index (χ0v) is 21.3. The molecule has 0 saturated carbocycles. The first kappa shape index (κ1) is 25.2. The van der Waals surface area contributed by atoms with Gasteiger partial charge >= 0.3 is 0 Å². The molecule has 1 aliphatic heterocycles. The maximum Gasteiger partial charge on any atom is 0.254 e. The number of rotatable bonds is 8. The number of benzene rings is 3. The highest BCUT2D eigenvalue weighted by atomic mass is 35.5. The number of carbonyl (C=O) groups is 2. The quantitative estimate of drug-likeness (QED) is 0.449. The third-order valence-corrected chi connectivity index (χ3v) is 7.50. The van der Waals surface area contributed by atoms with Gasteiger partial charge in [-0.3, -0.25) is 14.5 Å². The number of piperidine rings is 1. The number of hydrogen-bond donors (Lipinski definition) is 1. The molecule has 0 spiro atoms. The summed E-state index contributed by atoms with van der Waals surface area (Å²) in [6, 6.07) is 21.7. The van der Waals surface area contributed by atoms with Gasteiger partial charge in [0.15, 0.2) is 0 Å². The van der Waals surface area contributed by atoms with Gasteiger partial charge in [0, 0.05) is 36.1 Å². The molecule has 1 saturated heterocycles. The summed E-state index contributed by atoms with van der Waals surface area (Å²) in [4.78, 5) is 30.5. The van der Waals surface area contributed by atoms with Crippen LogP contribution in [0, 0.1) is 5.92 Å². The Morgan fingerprint density at radius 1 is 0.971 bits per heavy atom. The highest BCUT2D eigenvalue weighted by Crippen LogP contribution is 2.28. The van der Waals surface area contributed by atoms with Crippen molar-refractivity contribution in [1.82, 2.24) is 15.1 Å². The van der Waals surface area contributed by atoms with E-state index < -0.39 is 0 Å². The van der Waals surface area contributed by atoms with Crippen molar-refractivity contribution in [3.05, 3.63) is 82.9 Å². The van der Waals surface area contributed by atoms with Crippen molar-refractivity contribution in [2.45, 2.75) is 32.7 Å². The number of nitrogens with zero attached hydrogens (tertiary/aromatic N) is 2. The fraction of sp³-hybridized carbons (Fsp3) is 0.379. The largest absolute Gasteiger partial charge is 0.354 e. The molecular formula is C29H34ClN3O2. The highest BCUT2D eigenvalue weighted by Gasteiger charge is 2.29. The van der Waals surface area contributed by atoms with Crippen molar-refractivity contribution in [3.8, 4) is 0 Å². The molecule has 1 N–H and O–H groups in total. The molecule has 1 heterocycles. The summed E-state index contributed by atoms with van der Waals surface area (Å²) in [7, 11) is 0.